The number of benzene rings is 1. The van der Waals surface area contributed by atoms with Gasteiger partial charge in [0.2, 0.25) is 0 Å². The molecular formula is C38H44N8O4. The van der Waals surface area contributed by atoms with Gasteiger partial charge in [0, 0.05) is 42.2 Å². The molecule has 2 amide bonds. The maximum Gasteiger partial charge on any atom is 0.410 e. The van der Waals surface area contributed by atoms with Crippen molar-refractivity contribution in [3.8, 4) is 33.8 Å². The standard InChI is InChI=1S/C38H44N8O4/c1-37(2,3)49-35(47)45-17-7-9-31(45)33-41-22-30(44-33)25-13-15-27(40-21-25)24-12-14-26(39-20-24)23-11-16-28-29(19-23)43-34(42-28)32-10-8-18-46(32)36(48)50-38(4,5)6/h11-16,19-22,31-32H,7-10,17-18H2,1-6H3,(H,41,44)(H,42,43). The number of carbonyl (C=O) groups is 2. The zero-order valence-electron chi connectivity index (χ0n) is 29.5. The SMILES string of the molecule is CC(C)(C)OC(=O)N1CCCC1c1ncc(-c2ccc(-c3ccc(-c4ccc5nc(C6CCCN6C(=O)OC(C)(C)C)[nH]c5c4)nc3)nc2)[nH]1. The summed E-state index contributed by atoms with van der Waals surface area (Å²) in [6, 6.07) is 13.7. The summed E-state index contributed by atoms with van der Waals surface area (Å²) in [5.74, 6) is 1.52. The number of hydrogen-bond acceptors (Lipinski definition) is 8. The fourth-order valence-corrected chi connectivity index (χ4v) is 6.62. The average Bonchev–Trinajstić information content (AvgIpc) is 3.88. The molecule has 0 saturated carbocycles. The number of fused-ring (bicyclic) bond motifs is 1. The van der Waals surface area contributed by atoms with E-state index in [2.05, 4.69) is 15.0 Å². The Hall–Kier alpha value is -5.26. The number of nitrogens with one attached hydrogen (secondary N) is 2. The molecule has 1 aromatic carbocycles. The molecular weight excluding hydrogens is 632 g/mol. The normalized spacial score (nSPS) is 18.2. The first-order chi connectivity index (χ1) is 23.8. The molecule has 5 aromatic rings. The van der Waals surface area contributed by atoms with E-state index in [1.807, 2.05) is 96.4 Å². The number of ether oxygens (including phenoxy) is 2. The summed E-state index contributed by atoms with van der Waals surface area (Å²) in [5.41, 5.74) is 5.87. The van der Waals surface area contributed by atoms with Crippen molar-refractivity contribution in [2.45, 2.75) is 90.5 Å². The van der Waals surface area contributed by atoms with Crippen LogP contribution in [-0.2, 0) is 9.47 Å². The number of rotatable bonds is 5. The van der Waals surface area contributed by atoms with Crippen LogP contribution in [0.2, 0.25) is 0 Å². The fourth-order valence-electron chi connectivity index (χ4n) is 6.62. The summed E-state index contributed by atoms with van der Waals surface area (Å²) < 4.78 is 11.3. The van der Waals surface area contributed by atoms with Gasteiger partial charge in [0.15, 0.2) is 0 Å². The van der Waals surface area contributed by atoms with E-state index in [0.29, 0.717) is 13.1 Å². The molecule has 2 aliphatic rings. The third-order valence-corrected chi connectivity index (χ3v) is 8.92. The van der Waals surface area contributed by atoms with Crippen LogP contribution in [0.15, 0.2) is 61.1 Å². The second kappa shape index (κ2) is 12.9. The Labute approximate surface area is 291 Å². The molecule has 2 unspecified atom stereocenters. The predicted octanol–water partition coefficient (Wildman–Crippen LogP) is 8.22. The molecule has 2 saturated heterocycles. The average molecular weight is 677 g/mol. The first-order valence-electron chi connectivity index (χ1n) is 17.3. The molecule has 0 bridgehead atoms. The van der Waals surface area contributed by atoms with Gasteiger partial charge in [-0.3, -0.25) is 19.8 Å². The van der Waals surface area contributed by atoms with Crippen molar-refractivity contribution in [1.82, 2.24) is 39.7 Å². The van der Waals surface area contributed by atoms with Gasteiger partial charge in [0.05, 0.1) is 46.4 Å². The molecule has 4 aromatic heterocycles. The van der Waals surface area contributed by atoms with Crippen LogP contribution in [0.1, 0.15) is 91.0 Å². The summed E-state index contributed by atoms with van der Waals surface area (Å²) in [6.07, 6.45) is 8.29. The van der Waals surface area contributed by atoms with Gasteiger partial charge in [-0.1, -0.05) is 6.07 Å². The van der Waals surface area contributed by atoms with E-state index in [0.717, 1.165) is 82.1 Å². The Morgan fingerprint density at radius 1 is 0.680 bits per heavy atom. The Kier molecular flexibility index (Phi) is 8.57. The monoisotopic (exact) mass is 676 g/mol. The van der Waals surface area contributed by atoms with Crippen molar-refractivity contribution in [2.75, 3.05) is 13.1 Å². The van der Waals surface area contributed by atoms with Crippen LogP contribution in [0, 0.1) is 0 Å². The van der Waals surface area contributed by atoms with Gasteiger partial charge in [0.25, 0.3) is 0 Å². The maximum absolute atomic E-state index is 12.8. The summed E-state index contributed by atoms with van der Waals surface area (Å²) in [6.45, 7) is 12.6. The van der Waals surface area contributed by atoms with Crippen molar-refractivity contribution in [1.29, 1.82) is 0 Å². The van der Waals surface area contributed by atoms with E-state index in [4.69, 9.17) is 24.4 Å². The van der Waals surface area contributed by atoms with Gasteiger partial charge in [-0.25, -0.2) is 19.6 Å². The number of imidazole rings is 2. The molecule has 260 valence electrons. The van der Waals surface area contributed by atoms with Gasteiger partial charge in [-0.05, 0) is 104 Å². The third-order valence-electron chi connectivity index (χ3n) is 8.92. The second-order valence-corrected chi connectivity index (χ2v) is 15.1. The Morgan fingerprint density at radius 3 is 1.82 bits per heavy atom. The van der Waals surface area contributed by atoms with Gasteiger partial charge >= 0.3 is 12.2 Å². The van der Waals surface area contributed by atoms with E-state index >= 15 is 0 Å². The van der Waals surface area contributed by atoms with Crippen molar-refractivity contribution in [3.05, 3.63) is 72.7 Å². The highest BCUT2D eigenvalue weighted by molar-refractivity contribution is 5.82. The molecule has 2 N–H and O–H groups in total. The number of carbonyl (C=O) groups excluding carboxylic acids is 2. The van der Waals surface area contributed by atoms with E-state index in [1.54, 1.807) is 16.0 Å². The lowest BCUT2D eigenvalue weighted by atomic mass is 10.1. The molecule has 0 spiro atoms. The molecule has 0 radical (unpaired) electrons. The van der Waals surface area contributed by atoms with Crippen molar-refractivity contribution >= 4 is 23.2 Å². The van der Waals surface area contributed by atoms with Gasteiger partial charge in [-0.15, -0.1) is 0 Å². The second-order valence-electron chi connectivity index (χ2n) is 15.1. The summed E-state index contributed by atoms with van der Waals surface area (Å²) in [4.78, 5) is 54.9. The molecule has 12 nitrogen and oxygen atoms in total. The highest BCUT2D eigenvalue weighted by atomic mass is 16.6. The van der Waals surface area contributed by atoms with Crippen LogP contribution < -0.4 is 0 Å². The minimum Gasteiger partial charge on any atom is -0.444 e. The summed E-state index contributed by atoms with van der Waals surface area (Å²) >= 11 is 0. The number of pyridine rings is 2. The number of likely N-dealkylation sites (tertiary alicyclic amines) is 2. The molecule has 7 rings (SSSR count). The van der Waals surface area contributed by atoms with Crippen LogP contribution in [0.5, 0.6) is 0 Å². The van der Waals surface area contributed by atoms with Crippen LogP contribution in [0.4, 0.5) is 9.59 Å². The molecule has 6 heterocycles. The van der Waals surface area contributed by atoms with Gasteiger partial charge in [0.1, 0.15) is 22.9 Å². The maximum atomic E-state index is 12.8. The Balaban J connectivity index is 1.03. The quantitative estimate of drug-likeness (QED) is 0.190. The van der Waals surface area contributed by atoms with Gasteiger partial charge < -0.3 is 19.4 Å². The summed E-state index contributed by atoms with van der Waals surface area (Å²) in [5, 5.41) is 0. The molecule has 0 aliphatic carbocycles. The number of amides is 2. The highest BCUT2D eigenvalue weighted by Gasteiger charge is 2.36. The predicted molar refractivity (Wildman–Crippen MR) is 190 cm³/mol. The van der Waals surface area contributed by atoms with E-state index < -0.39 is 11.2 Å². The lowest BCUT2D eigenvalue weighted by Gasteiger charge is -2.27. The number of hydrogen-bond donors (Lipinski definition) is 2. The van der Waals surface area contributed by atoms with Crippen molar-refractivity contribution in [2.24, 2.45) is 0 Å². The van der Waals surface area contributed by atoms with Crippen LogP contribution in [-0.4, -0.2) is 76.2 Å². The topological polar surface area (TPSA) is 142 Å². The van der Waals surface area contributed by atoms with Gasteiger partial charge in [-0.2, -0.15) is 0 Å². The number of nitrogens with zero attached hydrogens (tertiary/aromatic N) is 6. The van der Waals surface area contributed by atoms with Crippen LogP contribution >= 0.6 is 0 Å². The largest absolute Gasteiger partial charge is 0.444 e. The lowest BCUT2D eigenvalue weighted by Crippen LogP contribution is -2.36. The first-order valence-corrected chi connectivity index (χ1v) is 17.3. The van der Waals surface area contributed by atoms with E-state index in [9.17, 15) is 9.59 Å². The molecule has 2 atom stereocenters. The van der Waals surface area contributed by atoms with E-state index in [1.165, 1.54) is 0 Å². The molecule has 2 fully saturated rings. The highest BCUT2D eigenvalue weighted by Crippen LogP contribution is 2.35. The van der Waals surface area contributed by atoms with Crippen molar-refractivity contribution in [3.63, 3.8) is 0 Å². The third kappa shape index (κ3) is 7.05. The minimum atomic E-state index is -0.551. The Bertz CT molecular complexity index is 2000. The zero-order valence-corrected chi connectivity index (χ0v) is 29.5. The van der Waals surface area contributed by atoms with Crippen LogP contribution in [0.25, 0.3) is 44.8 Å². The smallest absolute Gasteiger partial charge is 0.410 e. The zero-order chi connectivity index (χ0) is 35.2. The fraction of sp³-hybridized carbons (Fsp3) is 0.421. The minimum absolute atomic E-state index is 0.144. The summed E-state index contributed by atoms with van der Waals surface area (Å²) in [7, 11) is 0. The first kappa shape index (κ1) is 33.2. The molecule has 50 heavy (non-hydrogen) atoms. The van der Waals surface area contributed by atoms with E-state index in [-0.39, 0.29) is 24.3 Å². The Morgan fingerprint density at radius 2 is 1.24 bits per heavy atom. The number of aromatic nitrogens is 6. The van der Waals surface area contributed by atoms with Crippen molar-refractivity contribution < 1.29 is 19.1 Å². The number of aromatic amines is 2. The molecule has 2 aliphatic heterocycles. The van der Waals surface area contributed by atoms with Crippen LogP contribution in [0.3, 0.4) is 0 Å². The lowest BCUT2D eigenvalue weighted by molar-refractivity contribution is 0.0208. The number of H-pyrrole nitrogens is 2. The molecule has 12 heteroatoms.